The van der Waals surface area contributed by atoms with Crippen molar-refractivity contribution in [1.29, 1.82) is 0 Å². The molecule has 9 heteroatoms. The van der Waals surface area contributed by atoms with Crippen molar-refractivity contribution in [3.63, 3.8) is 0 Å². The Kier molecular flexibility index (Phi) is 20.2. The van der Waals surface area contributed by atoms with E-state index in [0.717, 1.165) is 42.7 Å². The molecule has 1 aliphatic rings. The maximum Gasteiger partial charge on any atom is 0.500 e. The number of amides is 1. The maximum atomic E-state index is 12.1. The topological polar surface area (TPSA) is 103 Å². The van der Waals surface area contributed by atoms with Crippen LogP contribution in [0.25, 0.3) is 17.2 Å². The highest BCUT2D eigenvalue weighted by atomic mass is 28.4. The van der Waals surface area contributed by atoms with Gasteiger partial charge in [0.05, 0.1) is 6.61 Å². The molecule has 284 valence electrons. The third kappa shape index (κ3) is 15.7. The van der Waals surface area contributed by atoms with E-state index in [9.17, 15) is 14.7 Å². The Labute approximate surface area is 309 Å². The number of unbranched alkanes of at least 4 members (excludes halogenated alkanes) is 5. The van der Waals surface area contributed by atoms with Crippen LogP contribution in [0.3, 0.4) is 0 Å². The van der Waals surface area contributed by atoms with Gasteiger partial charge in [-0.15, -0.1) is 0 Å². The summed E-state index contributed by atoms with van der Waals surface area (Å²) in [5, 5.41) is 12.6. The predicted octanol–water partition coefficient (Wildman–Crippen LogP) is 10.8. The van der Waals surface area contributed by atoms with Crippen LogP contribution >= 0.6 is 0 Å². The lowest BCUT2D eigenvalue weighted by molar-refractivity contribution is -0.132. The van der Waals surface area contributed by atoms with Crippen LogP contribution in [0.15, 0.2) is 54.1 Å². The van der Waals surface area contributed by atoms with Crippen molar-refractivity contribution >= 4 is 26.9 Å². The van der Waals surface area contributed by atoms with E-state index in [4.69, 9.17) is 18.0 Å². The van der Waals surface area contributed by atoms with Crippen LogP contribution in [0.4, 0.5) is 4.79 Å². The summed E-state index contributed by atoms with van der Waals surface area (Å²) in [7, 11) is -2.71. The minimum absolute atomic E-state index is 0.332. The number of carbonyl (C=O) groups excluding carboxylic acids is 1. The average Bonchev–Trinajstić information content (AvgIpc) is 3.13. The number of rotatable bonds is 25. The summed E-state index contributed by atoms with van der Waals surface area (Å²) in [5.74, 6) is 0.724. The Morgan fingerprint density at radius 2 is 1.37 bits per heavy atom. The Bertz CT molecular complexity index is 1270. The molecular weight excluding hydrogens is 659 g/mol. The summed E-state index contributed by atoms with van der Waals surface area (Å²) in [6.45, 7) is 10.4. The summed E-state index contributed by atoms with van der Waals surface area (Å²) in [5.41, 5.74) is 5.09. The van der Waals surface area contributed by atoms with Crippen LogP contribution in [0, 0.1) is 5.92 Å². The molecule has 2 N–H and O–H groups in total. The summed E-state index contributed by atoms with van der Waals surface area (Å²) < 4.78 is 22.9. The van der Waals surface area contributed by atoms with E-state index in [1.807, 2.05) is 32.9 Å². The molecule has 1 saturated carbocycles. The van der Waals surface area contributed by atoms with Gasteiger partial charge in [0.1, 0.15) is 0 Å². The predicted molar refractivity (Wildman–Crippen MR) is 209 cm³/mol. The number of hydrogen-bond donors (Lipinski definition) is 2. The number of benzene rings is 2. The Hall–Kier alpha value is -2.98. The number of aliphatic carboxylic acids is 1. The first kappa shape index (κ1) is 42.4. The fourth-order valence-corrected chi connectivity index (χ4v) is 9.72. The largest absolute Gasteiger partial charge is 0.500 e. The molecule has 1 aliphatic carbocycles. The molecule has 1 fully saturated rings. The Morgan fingerprint density at radius 3 is 1.96 bits per heavy atom. The van der Waals surface area contributed by atoms with Crippen molar-refractivity contribution in [1.82, 2.24) is 5.32 Å². The second-order valence-electron chi connectivity index (χ2n) is 13.7. The highest BCUT2D eigenvalue weighted by Crippen LogP contribution is 2.38. The zero-order chi connectivity index (χ0) is 36.7. The minimum atomic E-state index is -2.71. The van der Waals surface area contributed by atoms with E-state index in [0.29, 0.717) is 63.3 Å². The standard InChI is InChI=1S/C42H65NO7Si/c1-5-9-12-16-34-18-22-36(23-19-34)38-26-28-39(29-27-38)37-24-20-35(21-25-37)33-40(41(44)45)17-13-10-11-14-31-47-42(46)43-30-15-32-51(48-6-2,49-7-3)50-8-4/h20-21,24-29,33-34,36H,5-19,22-23,30-32H2,1-4H3,(H,43,46)(H,44,45)/b40-33+. The molecule has 0 aromatic heterocycles. The lowest BCUT2D eigenvalue weighted by Crippen LogP contribution is -2.46. The summed E-state index contributed by atoms with van der Waals surface area (Å²) >= 11 is 0. The summed E-state index contributed by atoms with van der Waals surface area (Å²) in [6, 6.07) is 17.9. The third-order valence-corrected chi connectivity index (χ3v) is 13.1. The third-order valence-electron chi connectivity index (χ3n) is 9.90. The van der Waals surface area contributed by atoms with Gasteiger partial charge in [0.2, 0.25) is 0 Å². The molecule has 0 spiro atoms. The minimum Gasteiger partial charge on any atom is -0.478 e. The summed E-state index contributed by atoms with van der Waals surface area (Å²) in [4.78, 5) is 24.1. The molecule has 0 atom stereocenters. The van der Waals surface area contributed by atoms with Crippen LogP contribution in [0.5, 0.6) is 0 Å². The van der Waals surface area contributed by atoms with E-state index >= 15 is 0 Å². The number of carboxylic acid groups (broad SMARTS) is 1. The van der Waals surface area contributed by atoms with E-state index in [2.05, 4.69) is 48.6 Å². The highest BCUT2D eigenvalue weighted by molar-refractivity contribution is 6.60. The quantitative estimate of drug-likeness (QED) is 0.0597. The first-order chi connectivity index (χ1) is 24.8. The first-order valence-electron chi connectivity index (χ1n) is 19.8. The second kappa shape index (κ2) is 24.3. The molecule has 3 rings (SSSR count). The van der Waals surface area contributed by atoms with Gasteiger partial charge in [0, 0.05) is 38.0 Å². The lowest BCUT2D eigenvalue weighted by atomic mass is 9.77. The van der Waals surface area contributed by atoms with Crippen LogP contribution in [-0.4, -0.2) is 58.9 Å². The van der Waals surface area contributed by atoms with Crippen LogP contribution in [0.1, 0.15) is 135 Å². The van der Waals surface area contributed by atoms with Gasteiger partial charge in [-0.05, 0) is 112 Å². The number of nitrogens with one attached hydrogen (secondary N) is 1. The first-order valence-corrected chi connectivity index (χ1v) is 21.7. The van der Waals surface area contributed by atoms with Crippen LogP contribution in [-0.2, 0) is 22.8 Å². The van der Waals surface area contributed by atoms with Crippen molar-refractivity contribution < 1.29 is 32.7 Å². The van der Waals surface area contributed by atoms with Gasteiger partial charge in [0.15, 0.2) is 0 Å². The normalized spacial score (nSPS) is 16.6. The van der Waals surface area contributed by atoms with E-state index in [1.54, 1.807) is 6.08 Å². The van der Waals surface area contributed by atoms with E-state index in [-0.39, 0.29) is 0 Å². The number of carbonyl (C=O) groups is 2. The fraction of sp³-hybridized carbons (Fsp3) is 0.619. The Balaban J connectivity index is 1.34. The molecule has 0 radical (unpaired) electrons. The molecule has 51 heavy (non-hydrogen) atoms. The molecule has 0 unspecified atom stereocenters. The van der Waals surface area contributed by atoms with Crippen molar-refractivity contribution in [2.45, 2.75) is 130 Å². The lowest BCUT2D eigenvalue weighted by Gasteiger charge is -2.29. The van der Waals surface area contributed by atoms with Gasteiger partial charge in [0.25, 0.3) is 0 Å². The summed E-state index contributed by atoms with van der Waals surface area (Å²) in [6.07, 6.45) is 16.6. The SMILES string of the molecule is CCCCCC1CCC(c2ccc(-c3ccc(/C=C(\CCCCCCOC(=O)NCCC[Si](OCC)(OCC)OCC)C(=O)O)cc3)cc2)CC1. The van der Waals surface area contributed by atoms with Crippen molar-refractivity contribution in [2.75, 3.05) is 33.0 Å². The van der Waals surface area contributed by atoms with E-state index < -0.39 is 20.9 Å². The van der Waals surface area contributed by atoms with Gasteiger partial charge in [-0.3, -0.25) is 0 Å². The molecule has 1 amide bonds. The molecular formula is C42H65NO7Si. The zero-order valence-electron chi connectivity index (χ0n) is 31.9. The van der Waals surface area contributed by atoms with Crippen LogP contribution in [0.2, 0.25) is 6.04 Å². The maximum absolute atomic E-state index is 12.1. The van der Waals surface area contributed by atoms with Gasteiger partial charge >= 0.3 is 20.9 Å². The van der Waals surface area contributed by atoms with Crippen LogP contribution < -0.4 is 5.32 Å². The molecule has 2 aromatic rings. The van der Waals surface area contributed by atoms with Crippen molar-refractivity contribution in [3.05, 3.63) is 65.2 Å². The molecule has 0 aliphatic heterocycles. The molecule has 8 nitrogen and oxygen atoms in total. The van der Waals surface area contributed by atoms with E-state index in [1.165, 1.54) is 62.5 Å². The smallest absolute Gasteiger partial charge is 0.478 e. The molecule has 0 bridgehead atoms. The van der Waals surface area contributed by atoms with Crippen molar-refractivity contribution in [3.8, 4) is 11.1 Å². The van der Waals surface area contributed by atoms with Gasteiger partial charge in [-0.25, -0.2) is 9.59 Å². The number of carboxylic acids is 1. The molecule has 0 saturated heterocycles. The Morgan fingerprint density at radius 1 is 0.765 bits per heavy atom. The van der Waals surface area contributed by atoms with Gasteiger partial charge in [-0.2, -0.15) is 0 Å². The molecule has 2 aromatic carbocycles. The number of ether oxygens (including phenoxy) is 1. The van der Waals surface area contributed by atoms with Gasteiger partial charge in [-0.1, -0.05) is 94.0 Å². The number of alkyl carbamates (subject to hydrolysis) is 1. The zero-order valence-corrected chi connectivity index (χ0v) is 32.9. The molecule has 0 heterocycles. The second-order valence-corrected chi connectivity index (χ2v) is 16.5. The fourth-order valence-electron chi connectivity index (χ4n) is 7.11. The van der Waals surface area contributed by atoms with Crippen molar-refractivity contribution in [2.24, 2.45) is 5.92 Å². The van der Waals surface area contributed by atoms with Gasteiger partial charge < -0.3 is 28.4 Å². The highest BCUT2D eigenvalue weighted by Gasteiger charge is 2.39. The number of hydrogen-bond acceptors (Lipinski definition) is 6. The average molecular weight is 724 g/mol. The monoisotopic (exact) mass is 723 g/mol.